The van der Waals surface area contributed by atoms with Crippen LogP contribution in [0.1, 0.15) is 399 Å². The first-order chi connectivity index (χ1) is 56.2. The van der Waals surface area contributed by atoms with Crippen LogP contribution in [0.15, 0.2) is 48.6 Å². The van der Waals surface area contributed by atoms with Crippen LogP contribution in [-0.2, 0) is 65.4 Å². The van der Waals surface area contributed by atoms with Crippen molar-refractivity contribution in [2.24, 2.45) is 0 Å². The van der Waals surface area contributed by atoms with Crippen LogP contribution in [0.2, 0.25) is 0 Å². The van der Waals surface area contributed by atoms with Crippen LogP contribution < -0.4 is 80.4 Å². The van der Waals surface area contributed by atoms with Gasteiger partial charge < -0.3 is 63.1 Å². The van der Waals surface area contributed by atoms with Gasteiger partial charge in [-0.25, -0.2) is 9.13 Å². The third-order valence-corrected chi connectivity index (χ3v) is 22.3. The summed E-state index contributed by atoms with van der Waals surface area (Å²) in [7, 11) is -9.57. The minimum atomic E-state index is -4.79. The smallest absolute Gasteiger partial charge is 1.00 e. The van der Waals surface area contributed by atoms with Crippen LogP contribution in [0.25, 0.3) is 0 Å². The first-order valence-electron chi connectivity index (χ1n) is 45.9. The molecule has 0 bridgehead atoms. The van der Waals surface area contributed by atoms with E-state index in [4.69, 9.17) is 37.0 Å². The number of allylic oxidation sites excluding steroid dienone is 4. The van der Waals surface area contributed by atoms with Gasteiger partial charge in [-0.3, -0.25) is 46.9 Å². The maximum absolute atomic E-state index is 13.8. The van der Waals surface area contributed by atoms with Crippen molar-refractivity contribution in [1.82, 2.24) is 21.3 Å². The molecule has 118 heavy (non-hydrogen) atoms. The van der Waals surface area contributed by atoms with E-state index in [-0.39, 0.29) is 150 Å². The number of hydrogen-bond acceptors (Lipinski definition) is 18. The molecule has 678 valence electrons. The van der Waals surface area contributed by atoms with E-state index in [1.54, 1.807) is 0 Å². The number of nitrogens with one attached hydrogen (secondary N) is 4. The van der Waals surface area contributed by atoms with Crippen LogP contribution in [-0.4, -0.2) is 158 Å². The summed E-state index contributed by atoms with van der Waals surface area (Å²) in [6.45, 7) is 10.8. The molecular formula is C90H166N4Na2O20P2. The number of phosphoric acid groups is 2. The van der Waals surface area contributed by atoms with Crippen molar-refractivity contribution < 1.29 is 157 Å². The number of amides is 4. The fraction of sp³-hybridized carbons (Fsp3) is 0.822. The van der Waals surface area contributed by atoms with E-state index in [1.807, 2.05) is 0 Å². The molecule has 28 heteroatoms. The number of benzene rings is 1. The number of aliphatic hydroxyl groups is 2. The Kier molecular flexibility index (Phi) is 82.6. The van der Waals surface area contributed by atoms with Gasteiger partial charge in [-0.1, -0.05) is 271 Å². The zero-order chi connectivity index (χ0) is 85.1. The number of ether oxygens (including phenoxy) is 4. The number of phosphoric ester groups is 2. The maximum Gasteiger partial charge on any atom is 1.00 e. The maximum atomic E-state index is 13.8. The van der Waals surface area contributed by atoms with Crippen molar-refractivity contribution in [2.45, 2.75) is 412 Å². The summed E-state index contributed by atoms with van der Waals surface area (Å²) in [6, 6.07) is 3.68. The van der Waals surface area contributed by atoms with Crippen molar-refractivity contribution in [3.05, 3.63) is 59.7 Å². The Hall–Kier alpha value is -2.42. The molecule has 0 saturated heterocycles. The molecule has 1 aromatic carbocycles. The topological polar surface area (TPSA) is 339 Å². The zero-order valence-electron chi connectivity index (χ0n) is 77.1. The molecule has 0 fully saturated rings. The molecule has 24 nitrogen and oxygen atoms in total. The molecule has 0 spiro atoms. The molecule has 0 heterocycles. The molecule has 0 radical (unpaired) electrons. The van der Waals surface area contributed by atoms with E-state index in [0.717, 1.165) is 154 Å². The SMILES string of the molecule is CCCCCC/C=C/CCCC(=O)O[C@H](CCCCCCCCCCC)CC(=O)NC(COCC[C@H](O)CCCCCCC)COP(=O)(O)OCCNC(=O)c1ccc(C(=O)NCCOP(=O)(O)OCC(COCC[C@H](O)CCCCCCC)NC(=O)C[C@@H](CCCCCCCCCCC)OC(=O)CCC/C=C/CCCCCC)cc1.[H-].[H-].[Na+].[Na+]. The Bertz CT molecular complexity index is 2580. The van der Waals surface area contributed by atoms with Gasteiger partial charge in [-0.2, -0.15) is 0 Å². The largest absolute Gasteiger partial charge is 1.00 e. The summed E-state index contributed by atoms with van der Waals surface area (Å²) in [5.74, 6) is -2.85. The Balaban J connectivity index is -0.0000168. The van der Waals surface area contributed by atoms with E-state index in [2.05, 4.69) is 87.1 Å². The summed E-state index contributed by atoms with van der Waals surface area (Å²) in [4.78, 5) is 102. The minimum Gasteiger partial charge on any atom is -1.00 e. The Morgan fingerprint density at radius 2 is 0.644 bits per heavy atom. The molecule has 0 aliphatic rings. The molecule has 0 aliphatic carbocycles. The molecule has 4 unspecified atom stereocenters. The monoisotopic (exact) mass is 1730 g/mol. The van der Waals surface area contributed by atoms with Crippen molar-refractivity contribution in [3.8, 4) is 0 Å². The quantitative estimate of drug-likeness (QED) is 0.00987. The molecule has 1 aromatic rings. The van der Waals surface area contributed by atoms with Crippen LogP contribution in [0.3, 0.4) is 0 Å². The Morgan fingerprint density at radius 1 is 0.364 bits per heavy atom. The second-order valence-electron chi connectivity index (χ2n) is 31.5. The second kappa shape index (κ2) is 82.8. The Morgan fingerprint density at radius 3 is 0.958 bits per heavy atom. The Labute approximate surface area is 761 Å². The summed E-state index contributed by atoms with van der Waals surface area (Å²) in [5.41, 5.74) is 0.290. The second-order valence-corrected chi connectivity index (χ2v) is 34.5. The first kappa shape index (κ1) is 118. The van der Waals surface area contributed by atoms with Crippen molar-refractivity contribution in [2.75, 3.05) is 65.9 Å². The van der Waals surface area contributed by atoms with Gasteiger partial charge in [0.2, 0.25) is 11.8 Å². The predicted molar refractivity (Wildman–Crippen MR) is 466 cm³/mol. The first-order valence-corrected chi connectivity index (χ1v) is 48.9. The van der Waals surface area contributed by atoms with Crippen LogP contribution in [0.5, 0.6) is 0 Å². The van der Waals surface area contributed by atoms with Crippen molar-refractivity contribution >= 4 is 51.2 Å². The number of hydrogen-bond donors (Lipinski definition) is 8. The van der Waals surface area contributed by atoms with Crippen molar-refractivity contribution in [3.63, 3.8) is 0 Å². The molecule has 0 saturated carbocycles. The van der Waals surface area contributed by atoms with Crippen LogP contribution >= 0.6 is 15.6 Å². The molecule has 8 atom stereocenters. The number of esters is 2. The summed E-state index contributed by atoms with van der Waals surface area (Å²) >= 11 is 0. The third kappa shape index (κ3) is 73.9. The van der Waals surface area contributed by atoms with E-state index < -0.39 is 102 Å². The summed E-state index contributed by atoms with van der Waals surface area (Å²) in [6.07, 6.45) is 53.9. The van der Waals surface area contributed by atoms with Gasteiger partial charge in [0.15, 0.2) is 0 Å². The van der Waals surface area contributed by atoms with E-state index in [9.17, 15) is 57.9 Å². The average molecular weight is 1730 g/mol. The van der Waals surface area contributed by atoms with E-state index >= 15 is 0 Å². The molecule has 1 rings (SSSR count). The number of aliphatic hydroxyl groups excluding tert-OH is 2. The van der Waals surface area contributed by atoms with Gasteiger partial charge in [0, 0.05) is 50.3 Å². The van der Waals surface area contributed by atoms with E-state index in [1.165, 1.54) is 127 Å². The number of carbonyl (C=O) groups is 6. The van der Waals surface area contributed by atoms with Crippen molar-refractivity contribution in [1.29, 1.82) is 0 Å². The molecule has 4 amide bonds. The minimum absolute atomic E-state index is 0. The summed E-state index contributed by atoms with van der Waals surface area (Å²) < 4.78 is 71.5. The van der Waals surface area contributed by atoms with Gasteiger partial charge in [-0.15, -0.1) is 0 Å². The number of unbranched alkanes of at least 4 members (excludes halogenated alkanes) is 34. The molecule has 0 aromatic heterocycles. The van der Waals surface area contributed by atoms with Gasteiger partial charge in [-0.05, 0) is 127 Å². The van der Waals surface area contributed by atoms with Crippen LogP contribution in [0.4, 0.5) is 0 Å². The van der Waals surface area contributed by atoms with Gasteiger partial charge in [0.25, 0.3) is 11.8 Å². The molecule has 0 aliphatic heterocycles. The van der Waals surface area contributed by atoms with Gasteiger partial charge in [0.1, 0.15) is 12.2 Å². The molecular weight excluding hydrogens is 1560 g/mol. The third-order valence-electron chi connectivity index (χ3n) is 20.4. The van der Waals surface area contributed by atoms with Crippen LogP contribution in [0, 0.1) is 0 Å². The van der Waals surface area contributed by atoms with E-state index in [0.29, 0.717) is 51.4 Å². The van der Waals surface area contributed by atoms with Gasteiger partial charge in [0.05, 0.1) is 76.8 Å². The number of rotatable bonds is 84. The normalized spacial score (nSPS) is 14.1. The standard InChI is InChI=1S/C90H164N4O20P2.2Na.2H/c1-7-13-19-25-29-33-37-43-49-55-83(113-87(99)57-51-45-39-35-31-27-21-15-9-3)71-85(97)93-79(73-107-67-63-81(95)53-47-41-23-17-11-5)75-111-115(103,104)109-69-65-91-89(101)77-59-61-78(62-60-77)90(102)92-66-70-110-116(105,106)112-76-80(74-108-68-64-82(96)54-48-42-24-18-12-6)94-86(98)72-84(56-50-44-38-34-30-26-20-14-8-2)114-88(100)58-52-46-40-36-32-28-22-16-10-4;;;;/h35-36,39-40,59-62,79-84,95-96H,7-34,37-38,41-58,63-76H2,1-6H3,(H,91,101)(H,92,102)(H,93,97)(H,94,98)(H,103,104)(H,105,106);;;;/q;2*+1;2*-1/b39-35+,40-36+;;;;/t79?,80?,81-,82-,83-,84-;;;;/m1..../s1. The predicted octanol–water partition coefficient (Wildman–Crippen LogP) is 14.7. The summed E-state index contributed by atoms with van der Waals surface area (Å²) in [5, 5.41) is 32.2. The number of carbonyl (C=O) groups excluding carboxylic acids is 6. The average Bonchev–Trinajstić information content (AvgIpc) is 0.861. The zero-order valence-corrected chi connectivity index (χ0v) is 80.9. The fourth-order valence-electron chi connectivity index (χ4n) is 13.3. The fourth-order valence-corrected chi connectivity index (χ4v) is 14.8. The van der Waals surface area contributed by atoms with Gasteiger partial charge >= 0.3 is 86.7 Å². The molecule has 8 N–H and O–H groups in total.